The van der Waals surface area contributed by atoms with Gasteiger partial charge in [-0.1, -0.05) is 25.5 Å². The van der Waals surface area contributed by atoms with Crippen molar-refractivity contribution in [3.8, 4) is 11.1 Å². The molecular weight excluding hydrogens is 266 g/mol. The van der Waals surface area contributed by atoms with E-state index in [-0.39, 0.29) is 0 Å². The van der Waals surface area contributed by atoms with Gasteiger partial charge in [0.15, 0.2) is 0 Å². The van der Waals surface area contributed by atoms with Crippen molar-refractivity contribution in [3.05, 3.63) is 40.7 Å². The van der Waals surface area contributed by atoms with Crippen LogP contribution >= 0.6 is 11.3 Å². The van der Waals surface area contributed by atoms with Crippen molar-refractivity contribution < 1.29 is 0 Å². The van der Waals surface area contributed by atoms with Crippen molar-refractivity contribution in [2.24, 2.45) is 0 Å². The van der Waals surface area contributed by atoms with E-state index in [0.29, 0.717) is 0 Å². The second-order valence-electron chi connectivity index (χ2n) is 5.18. The first-order valence-electron chi connectivity index (χ1n) is 6.92. The van der Waals surface area contributed by atoms with Gasteiger partial charge >= 0.3 is 0 Å². The summed E-state index contributed by atoms with van der Waals surface area (Å²) in [6, 6.07) is 8.81. The van der Waals surface area contributed by atoms with E-state index in [1.165, 1.54) is 27.7 Å². The zero-order valence-corrected chi connectivity index (χ0v) is 12.9. The maximum atomic E-state index is 4.75. The standard InChI is InChI=1S/C16H19N3S/c1-4-5-15-14-7-6-12(13-8-9-20-11-13)10-16(14)19(17-15)18(2)3/h6-11H,4-5H2,1-3H3. The Labute approximate surface area is 123 Å². The van der Waals surface area contributed by atoms with Crippen LogP contribution in [0.5, 0.6) is 0 Å². The van der Waals surface area contributed by atoms with Crippen molar-refractivity contribution >= 4 is 22.2 Å². The third-order valence-electron chi connectivity index (χ3n) is 3.46. The zero-order valence-electron chi connectivity index (χ0n) is 12.1. The SMILES string of the molecule is CCCc1nn(N(C)C)c2cc(-c3ccsc3)ccc12. The second kappa shape index (κ2) is 5.29. The van der Waals surface area contributed by atoms with E-state index in [2.05, 4.69) is 41.9 Å². The van der Waals surface area contributed by atoms with Gasteiger partial charge in [0, 0.05) is 19.5 Å². The number of hydrogen-bond donors (Lipinski definition) is 0. The number of thiophene rings is 1. The Kier molecular flexibility index (Phi) is 3.49. The molecule has 0 spiro atoms. The van der Waals surface area contributed by atoms with Crippen LogP contribution in [0.2, 0.25) is 0 Å². The van der Waals surface area contributed by atoms with Crippen LogP contribution in [-0.4, -0.2) is 24.0 Å². The maximum Gasteiger partial charge on any atom is 0.0929 e. The first-order valence-corrected chi connectivity index (χ1v) is 7.87. The molecule has 0 atom stereocenters. The van der Waals surface area contributed by atoms with E-state index in [1.54, 1.807) is 11.3 Å². The summed E-state index contributed by atoms with van der Waals surface area (Å²) in [5.41, 5.74) is 4.90. The molecule has 0 aliphatic rings. The van der Waals surface area contributed by atoms with Gasteiger partial charge in [-0.2, -0.15) is 21.2 Å². The zero-order chi connectivity index (χ0) is 14.1. The lowest BCUT2D eigenvalue weighted by Gasteiger charge is -2.13. The predicted octanol–water partition coefficient (Wildman–Crippen LogP) is 3.91. The number of rotatable bonds is 4. The Balaban J connectivity index is 2.19. The molecule has 3 rings (SSSR count). The Hall–Kier alpha value is -1.81. The minimum Gasteiger partial charge on any atom is -0.303 e. The molecule has 0 aliphatic heterocycles. The highest BCUT2D eigenvalue weighted by molar-refractivity contribution is 7.08. The van der Waals surface area contributed by atoms with Crippen molar-refractivity contribution in [2.45, 2.75) is 19.8 Å². The molecule has 4 heteroatoms. The molecule has 0 aliphatic carbocycles. The van der Waals surface area contributed by atoms with Gasteiger partial charge in [0.2, 0.25) is 0 Å². The van der Waals surface area contributed by atoms with Crippen LogP contribution in [0.1, 0.15) is 19.0 Å². The third kappa shape index (κ3) is 2.20. The first-order chi connectivity index (χ1) is 9.70. The Morgan fingerprint density at radius 1 is 1.20 bits per heavy atom. The Morgan fingerprint density at radius 3 is 2.70 bits per heavy atom. The molecular formula is C16H19N3S. The van der Waals surface area contributed by atoms with E-state index >= 15 is 0 Å². The summed E-state index contributed by atoms with van der Waals surface area (Å²) in [4.78, 5) is 2.00. The summed E-state index contributed by atoms with van der Waals surface area (Å²) < 4.78 is 0. The molecule has 0 saturated carbocycles. The van der Waals surface area contributed by atoms with Gasteiger partial charge in [0.1, 0.15) is 0 Å². The van der Waals surface area contributed by atoms with Gasteiger partial charge < -0.3 is 5.01 Å². The van der Waals surface area contributed by atoms with Crippen LogP contribution in [0.15, 0.2) is 35.0 Å². The van der Waals surface area contributed by atoms with Crippen molar-refractivity contribution in [1.82, 2.24) is 9.89 Å². The number of benzene rings is 1. The van der Waals surface area contributed by atoms with Crippen molar-refractivity contribution in [1.29, 1.82) is 0 Å². The molecule has 3 aromatic rings. The normalized spacial score (nSPS) is 11.2. The van der Waals surface area contributed by atoms with Gasteiger partial charge in [0.05, 0.1) is 11.2 Å². The van der Waals surface area contributed by atoms with Crippen molar-refractivity contribution in [2.75, 3.05) is 19.1 Å². The highest BCUT2D eigenvalue weighted by Gasteiger charge is 2.12. The van der Waals surface area contributed by atoms with E-state index in [1.807, 2.05) is 23.9 Å². The fraction of sp³-hybridized carbons (Fsp3) is 0.312. The maximum absolute atomic E-state index is 4.75. The fourth-order valence-corrected chi connectivity index (χ4v) is 3.16. The average Bonchev–Trinajstić information content (AvgIpc) is 3.06. The molecule has 20 heavy (non-hydrogen) atoms. The number of aryl methyl sites for hydroxylation is 1. The summed E-state index contributed by atoms with van der Waals surface area (Å²) in [6.45, 7) is 2.19. The van der Waals surface area contributed by atoms with Crippen LogP contribution < -0.4 is 5.01 Å². The predicted molar refractivity (Wildman–Crippen MR) is 87.1 cm³/mol. The molecule has 2 aromatic heterocycles. The Morgan fingerprint density at radius 2 is 2.05 bits per heavy atom. The summed E-state index contributed by atoms with van der Waals surface area (Å²) in [5.74, 6) is 0. The lowest BCUT2D eigenvalue weighted by Crippen LogP contribution is -2.25. The largest absolute Gasteiger partial charge is 0.303 e. The molecule has 2 heterocycles. The van der Waals surface area contributed by atoms with Crippen LogP contribution in [0.25, 0.3) is 22.0 Å². The van der Waals surface area contributed by atoms with Crippen LogP contribution in [0, 0.1) is 0 Å². The lowest BCUT2D eigenvalue weighted by molar-refractivity contribution is 0.645. The summed E-state index contributed by atoms with van der Waals surface area (Å²) in [6.07, 6.45) is 2.14. The Bertz CT molecular complexity index is 711. The van der Waals surface area contributed by atoms with E-state index in [0.717, 1.165) is 12.8 Å². The monoisotopic (exact) mass is 285 g/mol. The van der Waals surface area contributed by atoms with E-state index < -0.39 is 0 Å². The molecule has 104 valence electrons. The van der Waals surface area contributed by atoms with E-state index in [4.69, 9.17) is 5.10 Å². The third-order valence-corrected chi connectivity index (χ3v) is 4.14. The topological polar surface area (TPSA) is 21.1 Å². The van der Waals surface area contributed by atoms with Crippen LogP contribution in [0.4, 0.5) is 0 Å². The minimum atomic E-state index is 1.02. The molecule has 1 aromatic carbocycles. The quantitative estimate of drug-likeness (QED) is 0.724. The summed E-state index contributed by atoms with van der Waals surface area (Å²) in [5, 5.41) is 12.3. The molecule has 3 nitrogen and oxygen atoms in total. The molecule has 0 saturated heterocycles. The van der Waals surface area contributed by atoms with Crippen LogP contribution in [0.3, 0.4) is 0 Å². The number of fused-ring (bicyclic) bond motifs is 1. The second-order valence-corrected chi connectivity index (χ2v) is 5.96. The van der Waals surface area contributed by atoms with Gasteiger partial charge in [-0.15, -0.1) is 0 Å². The molecule has 0 bridgehead atoms. The van der Waals surface area contributed by atoms with E-state index in [9.17, 15) is 0 Å². The molecule has 0 unspecified atom stereocenters. The van der Waals surface area contributed by atoms with Gasteiger partial charge in [-0.05, 0) is 40.4 Å². The fourth-order valence-electron chi connectivity index (χ4n) is 2.50. The smallest absolute Gasteiger partial charge is 0.0929 e. The highest BCUT2D eigenvalue weighted by Crippen LogP contribution is 2.28. The van der Waals surface area contributed by atoms with Gasteiger partial charge in [0.25, 0.3) is 0 Å². The summed E-state index contributed by atoms with van der Waals surface area (Å²) in [7, 11) is 4.05. The lowest BCUT2D eigenvalue weighted by atomic mass is 10.1. The van der Waals surface area contributed by atoms with Gasteiger partial charge in [-0.25, -0.2) is 0 Å². The molecule has 0 N–H and O–H groups in total. The molecule has 0 fully saturated rings. The highest BCUT2D eigenvalue weighted by atomic mass is 32.1. The number of hydrogen-bond acceptors (Lipinski definition) is 3. The minimum absolute atomic E-state index is 1.02. The molecule has 0 radical (unpaired) electrons. The van der Waals surface area contributed by atoms with Gasteiger partial charge in [-0.3, -0.25) is 0 Å². The first kappa shape index (κ1) is 13.2. The van der Waals surface area contributed by atoms with Crippen LogP contribution in [-0.2, 0) is 6.42 Å². The average molecular weight is 285 g/mol. The number of aromatic nitrogens is 2. The molecule has 0 amide bonds. The summed E-state index contributed by atoms with van der Waals surface area (Å²) >= 11 is 1.73. The van der Waals surface area contributed by atoms with Crippen molar-refractivity contribution in [3.63, 3.8) is 0 Å². The number of nitrogens with zero attached hydrogens (tertiary/aromatic N) is 3.